The molecule has 1 aliphatic rings. The molecule has 1 aliphatic heterocycles. The lowest BCUT2D eigenvalue weighted by atomic mass is 9.95. The number of piperidine rings is 1. The Hall–Kier alpha value is -0.770. The van der Waals surface area contributed by atoms with Gasteiger partial charge in [0.2, 0.25) is 0 Å². The van der Waals surface area contributed by atoms with Crippen molar-refractivity contribution in [3.63, 3.8) is 0 Å². The summed E-state index contributed by atoms with van der Waals surface area (Å²) in [6.07, 6.45) is 3.05. The molecule has 1 amide bonds. The number of likely N-dealkylation sites (tertiary alicyclic amines) is 1. The minimum Gasteiger partial charge on any atom is -0.444 e. The first-order valence-corrected chi connectivity index (χ1v) is 6.10. The van der Waals surface area contributed by atoms with E-state index in [1.54, 1.807) is 0 Å². The van der Waals surface area contributed by atoms with E-state index in [1.165, 1.54) is 6.42 Å². The van der Waals surface area contributed by atoms with Crippen LogP contribution in [0.3, 0.4) is 0 Å². The zero-order valence-corrected chi connectivity index (χ0v) is 10.7. The van der Waals surface area contributed by atoms with Crippen molar-refractivity contribution in [2.45, 2.75) is 45.6 Å². The largest absolute Gasteiger partial charge is 0.444 e. The van der Waals surface area contributed by atoms with Gasteiger partial charge in [0.05, 0.1) is 0 Å². The lowest BCUT2D eigenvalue weighted by molar-refractivity contribution is 0.0163. The molecule has 0 aromatic rings. The highest BCUT2D eigenvalue weighted by molar-refractivity contribution is 5.68. The second kappa shape index (κ2) is 5.53. The van der Waals surface area contributed by atoms with E-state index in [1.807, 2.05) is 25.7 Å². The van der Waals surface area contributed by atoms with Crippen molar-refractivity contribution in [3.8, 4) is 0 Å². The monoisotopic (exact) mass is 228 g/mol. The number of carbonyl (C=O) groups excluding carboxylic acids is 1. The Morgan fingerprint density at radius 2 is 2.19 bits per heavy atom. The lowest BCUT2D eigenvalue weighted by Crippen LogP contribution is -2.43. The fourth-order valence-corrected chi connectivity index (χ4v) is 2.03. The van der Waals surface area contributed by atoms with E-state index in [0.29, 0.717) is 12.5 Å². The quantitative estimate of drug-likeness (QED) is 0.786. The first kappa shape index (κ1) is 13.3. The molecule has 2 N–H and O–H groups in total. The normalized spacial score (nSPS) is 22.0. The fourth-order valence-electron chi connectivity index (χ4n) is 2.03. The van der Waals surface area contributed by atoms with E-state index in [9.17, 15) is 4.79 Å². The maximum absolute atomic E-state index is 11.8. The molecule has 0 aliphatic carbocycles. The number of amides is 1. The molecule has 1 atom stereocenters. The van der Waals surface area contributed by atoms with E-state index in [4.69, 9.17) is 10.5 Å². The van der Waals surface area contributed by atoms with Crippen molar-refractivity contribution in [2.24, 2.45) is 11.7 Å². The Morgan fingerprint density at radius 1 is 1.50 bits per heavy atom. The summed E-state index contributed by atoms with van der Waals surface area (Å²) >= 11 is 0. The summed E-state index contributed by atoms with van der Waals surface area (Å²) in [4.78, 5) is 13.7. The molecule has 1 rings (SSSR count). The maximum Gasteiger partial charge on any atom is 0.410 e. The molecule has 4 nitrogen and oxygen atoms in total. The average Bonchev–Trinajstić information content (AvgIpc) is 2.16. The summed E-state index contributed by atoms with van der Waals surface area (Å²) in [5, 5.41) is 0. The van der Waals surface area contributed by atoms with Gasteiger partial charge in [-0.15, -0.1) is 0 Å². The minimum absolute atomic E-state index is 0.186. The standard InChI is InChI=1S/C12H24N2O2/c1-12(2,3)16-11(15)14-8-4-5-10(9-14)6-7-13/h10H,4-9,13H2,1-3H3/t10-/m0/s1. The number of rotatable bonds is 2. The third-order valence-electron chi connectivity index (χ3n) is 2.75. The van der Waals surface area contributed by atoms with Crippen LogP contribution in [0.25, 0.3) is 0 Å². The summed E-state index contributed by atoms with van der Waals surface area (Å²) in [6.45, 7) is 8.00. The van der Waals surface area contributed by atoms with Gasteiger partial charge in [-0.1, -0.05) is 0 Å². The van der Waals surface area contributed by atoms with Crippen LogP contribution < -0.4 is 5.73 Å². The molecule has 16 heavy (non-hydrogen) atoms. The van der Waals surface area contributed by atoms with Crippen LogP contribution in [0.5, 0.6) is 0 Å². The van der Waals surface area contributed by atoms with Gasteiger partial charge in [-0.2, -0.15) is 0 Å². The average molecular weight is 228 g/mol. The summed E-state index contributed by atoms with van der Waals surface area (Å²) in [7, 11) is 0. The second-order valence-corrected chi connectivity index (χ2v) is 5.51. The van der Waals surface area contributed by atoms with Crippen molar-refractivity contribution < 1.29 is 9.53 Å². The summed E-state index contributed by atoms with van der Waals surface area (Å²) in [6, 6.07) is 0. The number of carbonyl (C=O) groups is 1. The molecule has 1 heterocycles. The molecule has 0 radical (unpaired) electrons. The molecule has 4 heteroatoms. The highest BCUT2D eigenvalue weighted by atomic mass is 16.6. The molecular formula is C12H24N2O2. The molecule has 0 unspecified atom stereocenters. The third-order valence-corrected chi connectivity index (χ3v) is 2.75. The van der Waals surface area contributed by atoms with Gasteiger partial charge in [-0.3, -0.25) is 0 Å². The van der Waals surface area contributed by atoms with Crippen molar-refractivity contribution in [2.75, 3.05) is 19.6 Å². The molecule has 1 fully saturated rings. The first-order valence-electron chi connectivity index (χ1n) is 6.10. The van der Waals surface area contributed by atoms with E-state index >= 15 is 0 Å². The van der Waals surface area contributed by atoms with Gasteiger partial charge in [0.1, 0.15) is 5.60 Å². The van der Waals surface area contributed by atoms with Crippen LogP contribution in [-0.2, 0) is 4.74 Å². The Balaban J connectivity index is 2.44. The second-order valence-electron chi connectivity index (χ2n) is 5.51. The fraction of sp³-hybridized carbons (Fsp3) is 0.917. The summed E-state index contributed by atoms with van der Waals surface area (Å²) in [5.74, 6) is 0.547. The van der Waals surface area contributed by atoms with E-state index < -0.39 is 5.60 Å². The van der Waals surface area contributed by atoms with Crippen LogP contribution in [0, 0.1) is 5.92 Å². The molecule has 94 valence electrons. The SMILES string of the molecule is CC(C)(C)OC(=O)N1CCC[C@@H](CCN)C1. The predicted octanol–water partition coefficient (Wildman–Crippen LogP) is 1.98. The van der Waals surface area contributed by atoms with Crippen molar-refractivity contribution >= 4 is 6.09 Å². The summed E-state index contributed by atoms with van der Waals surface area (Å²) in [5.41, 5.74) is 5.14. The number of nitrogens with zero attached hydrogens (tertiary/aromatic N) is 1. The van der Waals surface area contributed by atoms with Gasteiger partial charge in [0.15, 0.2) is 0 Å². The van der Waals surface area contributed by atoms with Crippen LogP contribution in [0.2, 0.25) is 0 Å². The number of hydrogen-bond donors (Lipinski definition) is 1. The van der Waals surface area contributed by atoms with Gasteiger partial charge in [-0.05, 0) is 52.5 Å². The minimum atomic E-state index is -0.405. The van der Waals surface area contributed by atoms with Gasteiger partial charge < -0.3 is 15.4 Å². The van der Waals surface area contributed by atoms with Gasteiger partial charge in [0.25, 0.3) is 0 Å². The van der Waals surface area contributed by atoms with E-state index in [0.717, 1.165) is 25.9 Å². The molecule has 0 aromatic carbocycles. The van der Waals surface area contributed by atoms with Gasteiger partial charge in [0, 0.05) is 13.1 Å². The number of ether oxygens (including phenoxy) is 1. The van der Waals surface area contributed by atoms with Crippen LogP contribution >= 0.6 is 0 Å². The zero-order chi connectivity index (χ0) is 12.2. The molecular weight excluding hydrogens is 204 g/mol. The summed E-state index contributed by atoms with van der Waals surface area (Å²) < 4.78 is 5.36. The zero-order valence-electron chi connectivity index (χ0n) is 10.7. The van der Waals surface area contributed by atoms with Crippen molar-refractivity contribution in [1.82, 2.24) is 4.90 Å². The number of nitrogens with two attached hydrogens (primary N) is 1. The predicted molar refractivity (Wildman–Crippen MR) is 64.2 cm³/mol. The number of hydrogen-bond acceptors (Lipinski definition) is 3. The Kier molecular flexibility index (Phi) is 4.59. The molecule has 0 bridgehead atoms. The van der Waals surface area contributed by atoms with Crippen molar-refractivity contribution in [1.29, 1.82) is 0 Å². The molecule has 0 aromatic heterocycles. The molecule has 1 saturated heterocycles. The van der Waals surface area contributed by atoms with E-state index in [2.05, 4.69) is 0 Å². The maximum atomic E-state index is 11.8. The van der Waals surface area contributed by atoms with E-state index in [-0.39, 0.29) is 6.09 Å². The van der Waals surface area contributed by atoms with Crippen LogP contribution in [0.15, 0.2) is 0 Å². The van der Waals surface area contributed by atoms with Gasteiger partial charge >= 0.3 is 6.09 Å². The highest BCUT2D eigenvalue weighted by Crippen LogP contribution is 2.21. The smallest absolute Gasteiger partial charge is 0.410 e. The van der Waals surface area contributed by atoms with Gasteiger partial charge in [-0.25, -0.2) is 4.79 Å². The van der Waals surface area contributed by atoms with Crippen molar-refractivity contribution in [3.05, 3.63) is 0 Å². The first-order chi connectivity index (χ1) is 7.42. The Labute approximate surface area is 98.1 Å². The third kappa shape index (κ3) is 4.39. The lowest BCUT2D eigenvalue weighted by Gasteiger charge is -2.34. The Bertz CT molecular complexity index is 234. The van der Waals surface area contributed by atoms with Crippen LogP contribution in [0.4, 0.5) is 4.79 Å². The topological polar surface area (TPSA) is 55.6 Å². The molecule has 0 saturated carbocycles. The Morgan fingerprint density at radius 3 is 2.75 bits per heavy atom. The van der Waals surface area contributed by atoms with Crippen LogP contribution in [-0.4, -0.2) is 36.2 Å². The van der Waals surface area contributed by atoms with Crippen LogP contribution in [0.1, 0.15) is 40.0 Å². The molecule has 0 spiro atoms. The highest BCUT2D eigenvalue weighted by Gasteiger charge is 2.26.